The third-order valence-electron chi connectivity index (χ3n) is 1.18. The Hall–Kier alpha value is -0.990. The van der Waals surface area contributed by atoms with Gasteiger partial charge in [-0.05, 0) is 12.5 Å². The molecule has 1 rings (SSSR count). The molecule has 1 aliphatic rings. The van der Waals surface area contributed by atoms with Gasteiger partial charge >= 0.3 is 0 Å². The minimum absolute atomic E-state index is 0.0364. The van der Waals surface area contributed by atoms with E-state index in [9.17, 15) is 4.79 Å². The summed E-state index contributed by atoms with van der Waals surface area (Å²) in [5, 5.41) is 2.57. The molecule has 9 heavy (non-hydrogen) atoms. The molecule has 0 spiro atoms. The number of allylic oxidation sites excluding steroid dienone is 1. The number of rotatable bonds is 1. The van der Waals surface area contributed by atoms with Crippen LogP contribution in [0.25, 0.3) is 0 Å². The lowest BCUT2D eigenvalue weighted by molar-refractivity contribution is -0.121. The van der Waals surface area contributed by atoms with E-state index in [-0.39, 0.29) is 5.91 Å². The molecule has 0 atom stereocenters. The van der Waals surface area contributed by atoms with Gasteiger partial charge < -0.3 is 4.74 Å². The van der Waals surface area contributed by atoms with E-state index < -0.39 is 0 Å². The van der Waals surface area contributed by atoms with Gasteiger partial charge in [0.1, 0.15) is 0 Å². The predicted molar refractivity (Wildman–Crippen MR) is 32.5 cm³/mol. The van der Waals surface area contributed by atoms with Gasteiger partial charge in [0.2, 0.25) is 5.91 Å². The van der Waals surface area contributed by atoms with Crippen LogP contribution in [0.15, 0.2) is 12.0 Å². The van der Waals surface area contributed by atoms with Gasteiger partial charge in [-0.15, -0.1) is 0 Å². The number of ether oxygens (including phenoxy) is 1. The highest BCUT2D eigenvalue weighted by Gasteiger charge is 2.08. The zero-order chi connectivity index (χ0) is 6.69. The van der Waals surface area contributed by atoms with E-state index in [4.69, 9.17) is 4.74 Å². The SMILES string of the molecule is COC1=CCCC(=O)N1. The monoisotopic (exact) mass is 127 g/mol. The summed E-state index contributed by atoms with van der Waals surface area (Å²) in [5.41, 5.74) is 0. The maximum Gasteiger partial charge on any atom is 0.226 e. The topological polar surface area (TPSA) is 38.3 Å². The maximum absolute atomic E-state index is 10.6. The number of carbonyl (C=O) groups is 1. The Morgan fingerprint density at radius 1 is 1.78 bits per heavy atom. The molecule has 1 aliphatic heterocycles. The summed E-state index contributed by atoms with van der Waals surface area (Å²) < 4.78 is 4.79. The molecular weight excluding hydrogens is 118 g/mol. The first-order chi connectivity index (χ1) is 4.33. The van der Waals surface area contributed by atoms with E-state index in [0.717, 1.165) is 6.42 Å². The van der Waals surface area contributed by atoms with Crippen molar-refractivity contribution < 1.29 is 9.53 Å². The zero-order valence-corrected chi connectivity index (χ0v) is 5.31. The summed E-state index contributed by atoms with van der Waals surface area (Å²) in [4.78, 5) is 10.6. The first kappa shape index (κ1) is 6.13. The van der Waals surface area contributed by atoms with Crippen molar-refractivity contribution in [1.82, 2.24) is 5.32 Å². The molecule has 0 aromatic heterocycles. The minimum Gasteiger partial charge on any atom is -0.482 e. The third kappa shape index (κ3) is 1.45. The van der Waals surface area contributed by atoms with Crippen molar-refractivity contribution in [2.24, 2.45) is 0 Å². The van der Waals surface area contributed by atoms with Gasteiger partial charge in [-0.25, -0.2) is 0 Å². The second-order valence-electron chi connectivity index (χ2n) is 1.86. The van der Waals surface area contributed by atoms with Crippen LogP contribution in [0, 0.1) is 0 Å². The zero-order valence-electron chi connectivity index (χ0n) is 5.31. The summed E-state index contributed by atoms with van der Waals surface area (Å²) in [5.74, 6) is 0.612. The van der Waals surface area contributed by atoms with Gasteiger partial charge in [-0.2, -0.15) is 0 Å². The number of hydrogen-bond acceptors (Lipinski definition) is 2. The van der Waals surface area contributed by atoms with Crippen LogP contribution in [0.5, 0.6) is 0 Å². The fourth-order valence-electron chi connectivity index (χ4n) is 0.720. The average molecular weight is 127 g/mol. The summed E-state index contributed by atoms with van der Waals surface area (Å²) in [6.07, 6.45) is 3.23. The molecule has 3 heteroatoms. The molecular formula is C6H9NO2. The Morgan fingerprint density at radius 2 is 2.56 bits per heavy atom. The Balaban J connectivity index is 2.53. The van der Waals surface area contributed by atoms with E-state index in [1.54, 1.807) is 0 Å². The Labute approximate surface area is 53.7 Å². The van der Waals surface area contributed by atoms with Crippen molar-refractivity contribution in [3.05, 3.63) is 12.0 Å². The number of methoxy groups -OCH3 is 1. The normalized spacial score (nSPS) is 18.3. The molecule has 0 aliphatic carbocycles. The molecule has 1 heterocycles. The molecule has 0 radical (unpaired) electrons. The number of nitrogens with one attached hydrogen (secondary N) is 1. The standard InChI is InChI=1S/C6H9NO2/c1-9-6-4-2-3-5(8)7-6/h4H,2-3H2,1H3,(H,7,8). The molecule has 1 amide bonds. The smallest absolute Gasteiger partial charge is 0.226 e. The van der Waals surface area contributed by atoms with Crippen molar-refractivity contribution in [3.63, 3.8) is 0 Å². The Kier molecular flexibility index (Phi) is 1.72. The van der Waals surface area contributed by atoms with Crippen LogP contribution in [0.3, 0.4) is 0 Å². The highest BCUT2D eigenvalue weighted by atomic mass is 16.5. The second-order valence-corrected chi connectivity index (χ2v) is 1.86. The van der Waals surface area contributed by atoms with Crippen molar-refractivity contribution in [3.8, 4) is 0 Å². The molecule has 0 fully saturated rings. The molecule has 1 N–H and O–H groups in total. The molecule has 0 aromatic carbocycles. The third-order valence-corrected chi connectivity index (χ3v) is 1.18. The first-order valence-electron chi connectivity index (χ1n) is 2.87. The highest BCUT2D eigenvalue weighted by Crippen LogP contribution is 2.03. The van der Waals surface area contributed by atoms with Crippen LogP contribution in [0.1, 0.15) is 12.8 Å². The largest absolute Gasteiger partial charge is 0.482 e. The van der Waals surface area contributed by atoms with E-state index in [0.29, 0.717) is 12.3 Å². The minimum atomic E-state index is 0.0364. The molecule has 0 bridgehead atoms. The van der Waals surface area contributed by atoms with E-state index in [1.807, 2.05) is 6.08 Å². The van der Waals surface area contributed by atoms with Crippen molar-refractivity contribution >= 4 is 5.91 Å². The van der Waals surface area contributed by atoms with E-state index >= 15 is 0 Å². The fraction of sp³-hybridized carbons (Fsp3) is 0.500. The fourth-order valence-corrected chi connectivity index (χ4v) is 0.720. The van der Waals surface area contributed by atoms with Gasteiger partial charge in [0.15, 0.2) is 5.88 Å². The highest BCUT2D eigenvalue weighted by molar-refractivity contribution is 5.78. The molecule has 0 saturated heterocycles. The van der Waals surface area contributed by atoms with E-state index in [2.05, 4.69) is 5.32 Å². The van der Waals surface area contributed by atoms with Crippen molar-refractivity contribution in [2.45, 2.75) is 12.8 Å². The number of hydrogen-bond donors (Lipinski definition) is 1. The lowest BCUT2D eigenvalue weighted by atomic mass is 10.2. The van der Waals surface area contributed by atoms with Crippen LogP contribution in [-0.4, -0.2) is 13.0 Å². The van der Waals surface area contributed by atoms with E-state index in [1.165, 1.54) is 7.11 Å². The van der Waals surface area contributed by atoms with Gasteiger partial charge in [0, 0.05) is 6.42 Å². The number of carbonyl (C=O) groups excluding carboxylic acids is 1. The average Bonchev–Trinajstić information content (AvgIpc) is 1.88. The van der Waals surface area contributed by atoms with Gasteiger partial charge in [0.05, 0.1) is 7.11 Å². The molecule has 50 valence electrons. The van der Waals surface area contributed by atoms with Crippen LogP contribution in [-0.2, 0) is 9.53 Å². The first-order valence-corrected chi connectivity index (χ1v) is 2.87. The summed E-state index contributed by atoms with van der Waals surface area (Å²) in [6.45, 7) is 0. The Morgan fingerprint density at radius 3 is 3.00 bits per heavy atom. The molecule has 0 aromatic rings. The quantitative estimate of drug-likeness (QED) is 0.553. The van der Waals surface area contributed by atoms with Crippen molar-refractivity contribution in [2.75, 3.05) is 7.11 Å². The molecule has 0 saturated carbocycles. The second kappa shape index (κ2) is 2.53. The lowest BCUT2D eigenvalue weighted by Gasteiger charge is -2.11. The van der Waals surface area contributed by atoms with Gasteiger partial charge in [0.25, 0.3) is 0 Å². The van der Waals surface area contributed by atoms with Crippen LogP contribution < -0.4 is 5.32 Å². The summed E-state index contributed by atoms with van der Waals surface area (Å²) in [7, 11) is 1.54. The predicted octanol–water partition coefficient (Wildman–Crippen LogP) is 0.384. The van der Waals surface area contributed by atoms with Crippen molar-refractivity contribution in [1.29, 1.82) is 0 Å². The maximum atomic E-state index is 10.6. The van der Waals surface area contributed by atoms with Crippen LogP contribution >= 0.6 is 0 Å². The van der Waals surface area contributed by atoms with Gasteiger partial charge in [-0.3, -0.25) is 10.1 Å². The summed E-state index contributed by atoms with van der Waals surface area (Å²) >= 11 is 0. The van der Waals surface area contributed by atoms with Crippen LogP contribution in [0.2, 0.25) is 0 Å². The van der Waals surface area contributed by atoms with Gasteiger partial charge in [-0.1, -0.05) is 0 Å². The molecule has 3 nitrogen and oxygen atoms in total. The lowest BCUT2D eigenvalue weighted by Crippen LogP contribution is -2.26. The van der Waals surface area contributed by atoms with Crippen LogP contribution in [0.4, 0.5) is 0 Å². The Bertz CT molecular complexity index is 151. The molecule has 0 unspecified atom stereocenters. The number of amides is 1. The summed E-state index contributed by atoms with van der Waals surface area (Å²) in [6, 6.07) is 0.